The molecule has 1 heterocycles. The molecule has 1 fully saturated rings. The highest BCUT2D eigenvalue weighted by Gasteiger charge is 2.37. The number of allylic oxidation sites excluding steroid dienone is 1. The van der Waals surface area contributed by atoms with Crippen LogP contribution in [0.3, 0.4) is 0 Å². The number of aromatic hydroxyl groups is 1. The number of ether oxygens (including phenoxy) is 2. The molecule has 152 valence electrons. The third-order valence-corrected chi connectivity index (χ3v) is 5.84. The van der Waals surface area contributed by atoms with Gasteiger partial charge in [-0.2, -0.15) is 0 Å². The summed E-state index contributed by atoms with van der Waals surface area (Å²) < 4.78 is 11.6. The van der Waals surface area contributed by atoms with Crippen molar-refractivity contribution in [2.45, 2.75) is 51.7 Å². The second-order valence-corrected chi connectivity index (χ2v) is 7.89. The molecule has 1 atom stereocenters. The van der Waals surface area contributed by atoms with Crippen LogP contribution in [-0.2, 0) is 9.53 Å². The minimum absolute atomic E-state index is 0.0272. The SMILES string of the molecule is CCOc1cc(C2NC(=O)N(C)C(C)=C2C(=O)OC2CCCC2)cc(Br)c1O. The molecule has 2 aliphatic rings. The van der Waals surface area contributed by atoms with Gasteiger partial charge in [-0.25, -0.2) is 9.59 Å². The average molecular weight is 453 g/mol. The highest BCUT2D eigenvalue weighted by atomic mass is 79.9. The van der Waals surface area contributed by atoms with E-state index in [1.165, 1.54) is 4.90 Å². The highest BCUT2D eigenvalue weighted by Crippen LogP contribution is 2.40. The molecule has 8 heteroatoms. The maximum absolute atomic E-state index is 13.0. The number of rotatable bonds is 5. The van der Waals surface area contributed by atoms with E-state index in [-0.39, 0.29) is 23.6 Å². The Morgan fingerprint density at radius 1 is 1.36 bits per heavy atom. The lowest BCUT2D eigenvalue weighted by atomic mass is 9.94. The number of nitrogens with one attached hydrogen (secondary N) is 1. The molecule has 1 unspecified atom stereocenters. The van der Waals surface area contributed by atoms with Gasteiger partial charge in [0.15, 0.2) is 11.5 Å². The summed E-state index contributed by atoms with van der Waals surface area (Å²) in [5.41, 5.74) is 1.54. The van der Waals surface area contributed by atoms with Gasteiger partial charge in [-0.3, -0.25) is 0 Å². The van der Waals surface area contributed by atoms with Crippen molar-refractivity contribution in [1.82, 2.24) is 10.2 Å². The maximum Gasteiger partial charge on any atom is 0.338 e. The predicted molar refractivity (Wildman–Crippen MR) is 107 cm³/mol. The molecular weight excluding hydrogens is 428 g/mol. The van der Waals surface area contributed by atoms with Crippen molar-refractivity contribution in [3.63, 3.8) is 0 Å². The molecule has 1 aromatic rings. The van der Waals surface area contributed by atoms with E-state index in [0.29, 0.717) is 27.9 Å². The topological polar surface area (TPSA) is 88.1 Å². The van der Waals surface area contributed by atoms with E-state index >= 15 is 0 Å². The first-order valence-corrected chi connectivity index (χ1v) is 10.2. The van der Waals surface area contributed by atoms with Crippen molar-refractivity contribution in [2.75, 3.05) is 13.7 Å². The fourth-order valence-corrected chi connectivity index (χ4v) is 4.06. The zero-order valence-corrected chi connectivity index (χ0v) is 17.8. The Morgan fingerprint density at radius 2 is 2.04 bits per heavy atom. The lowest BCUT2D eigenvalue weighted by Crippen LogP contribution is -2.46. The summed E-state index contributed by atoms with van der Waals surface area (Å²) in [5.74, 6) is -0.176. The molecule has 1 aliphatic carbocycles. The molecule has 1 aromatic carbocycles. The fourth-order valence-electron chi connectivity index (χ4n) is 3.60. The lowest BCUT2D eigenvalue weighted by Gasteiger charge is -2.34. The van der Waals surface area contributed by atoms with Crippen molar-refractivity contribution in [2.24, 2.45) is 0 Å². The van der Waals surface area contributed by atoms with Gasteiger partial charge in [0.05, 0.1) is 22.7 Å². The number of hydrogen-bond acceptors (Lipinski definition) is 5. The summed E-state index contributed by atoms with van der Waals surface area (Å²) in [6.45, 7) is 3.91. The number of carbonyl (C=O) groups is 2. The Kier molecular flexibility index (Phi) is 6.17. The minimum Gasteiger partial charge on any atom is -0.503 e. The van der Waals surface area contributed by atoms with Crippen LogP contribution in [0.15, 0.2) is 27.9 Å². The van der Waals surface area contributed by atoms with E-state index in [1.54, 1.807) is 26.1 Å². The van der Waals surface area contributed by atoms with E-state index in [9.17, 15) is 14.7 Å². The molecule has 0 aromatic heterocycles. The quantitative estimate of drug-likeness (QED) is 0.658. The summed E-state index contributed by atoms with van der Waals surface area (Å²) >= 11 is 3.32. The molecule has 1 aliphatic heterocycles. The molecule has 28 heavy (non-hydrogen) atoms. The van der Waals surface area contributed by atoms with Crippen LogP contribution in [-0.4, -0.2) is 41.8 Å². The van der Waals surface area contributed by atoms with Crippen molar-refractivity contribution in [1.29, 1.82) is 0 Å². The number of amides is 2. The van der Waals surface area contributed by atoms with E-state index in [4.69, 9.17) is 9.47 Å². The molecule has 0 spiro atoms. The third kappa shape index (κ3) is 3.97. The molecule has 1 saturated carbocycles. The first kappa shape index (κ1) is 20.5. The number of carbonyl (C=O) groups excluding carboxylic acids is 2. The standard InChI is InChI=1S/C20H25BrN2O5/c1-4-27-15-10-12(9-14(21)18(15)24)17-16(11(2)23(3)20(26)22-17)19(25)28-13-7-5-6-8-13/h9-10,13,17,24H,4-8H2,1-3H3,(H,22,26). The average Bonchev–Trinajstić information content (AvgIpc) is 3.16. The molecule has 2 amide bonds. The predicted octanol–water partition coefficient (Wildman–Crippen LogP) is 4.01. The first-order valence-electron chi connectivity index (χ1n) is 9.44. The number of hydrogen-bond donors (Lipinski definition) is 2. The van der Waals surface area contributed by atoms with Crippen LogP contribution in [0.1, 0.15) is 51.1 Å². The Hall–Kier alpha value is -2.22. The number of nitrogens with zero attached hydrogens (tertiary/aromatic N) is 1. The summed E-state index contributed by atoms with van der Waals surface area (Å²) in [7, 11) is 1.61. The maximum atomic E-state index is 13.0. The van der Waals surface area contributed by atoms with E-state index in [0.717, 1.165) is 25.7 Å². The number of esters is 1. The zero-order valence-electron chi connectivity index (χ0n) is 16.3. The summed E-state index contributed by atoms with van der Waals surface area (Å²) in [6, 6.07) is 2.29. The van der Waals surface area contributed by atoms with Crippen molar-refractivity contribution >= 4 is 27.9 Å². The van der Waals surface area contributed by atoms with Crippen LogP contribution >= 0.6 is 15.9 Å². The van der Waals surface area contributed by atoms with Crippen LogP contribution in [0.5, 0.6) is 11.5 Å². The van der Waals surface area contributed by atoms with Gasteiger partial charge in [0.25, 0.3) is 0 Å². The molecular formula is C20H25BrN2O5. The van der Waals surface area contributed by atoms with Crippen molar-refractivity contribution in [3.8, 4) is 11.5 Å². The highest BCUT2D eigenvalue weighted by molar-refractivity contribution is 9.10. The second kappa shape index (κ2) is 8.43. The van der Waals surface area contributed by atoms with Gasteiger partial charge >= 0.3 is 12.0 Å². The van der Waals surface area contributed by atoms with Gasteiger partial charge in [-0.15, -0.1) is 0 Å². The first-order chi connectivity index (χ1) is 13.3. The van der Waals surface area contributed by atoms with E-state index in [1.807, 2.05) is 6.92 Å². The molecule has 3 rings (SSSR count). The monoisotopic (exact) mass is 452 g/mol. The molecule has 0 saturated heterocycles. The minimum atomic E-state index is -0.700. The second-order valence-electron chi connectivity index (χ2n) is 7.03. The van der Waals surface area contributed by atoms with Crippen molar-refractivity contribution in [3.05, 3.63) is 33.4 Å². The summed E-state index contributed by atoms with van der Waals surface area (Å²) in [5, 5.41) is 13.0. The van der Waals surface area contributed by atoms with Crippen molar-refractivity contribution < 1.29 is 24.2 Å². The Bertz CT molecular complexity index is 817. The molecule has 7 nitrogen and oxygen atoms in total. The Morgan fingerprint density at radius 3 is 2.68 bits per heavy atom. The number of urea groups is 1. The smallest absolute Gasteiger partial charge is 0.338 e. The Balaban J connectivity index is 2.01. The molecule has 0 radical (unpaired) electrons. The van der Waals surface area contributed by atoms with Crippen LogP contribution in [0.2, 0.25) is 0 Å². The van der Waals surface area contributed by atoms with Gasteiger partial charge in [0, 0.05) is 12.7 Å². The number of benzene rings is 1. The third-order valence-electron chi connectivity index (χ3n) is 5.23. The van der Waals surface area contributed by atoms with E-state index in [2.05, 4.69) is 21.2 Å². The van der Waals surface area contributed by atoms with Crippen LogP contribution in [0.4, 0.5) is 4.79 Å². The van der Waals surface area contributed by atoms with Crippen LogP contribution < -0.4 is 10.1 Å². The number of phenolic OH excluding ortho intramolecular Hbond substituents is 1. The Labute approximate surface area is 172 Å². The van der Waals surface area contributed by atoms with Gasteiger partial charge < -0.3 is 24.8 Å². The number of phenols is 1. The van der Waals surface area contributed by atoms with Gasteiger partial charge in [-0.1, -0.05) is 0 Å². The summed E-state index contributed by atoms with van der Waals surface area (Å²) in [6.07, 6.45) is 3.76. The van der Waals surface area contributed by atoms with Gasteiger partial charge in [0.1, 0.15) is 6.10 Å². The van der Waals surface area contributed by atoms with Gasteiger partial charge in [0.2, 0.25) is 0 Å². The van der Waals surface area contributed by atoms with Crippen LogP contribution in [0.25, 0.3) is 0 Å². The van der Waals surface area contributed by atoms with Gasteiger partial charge in [-0.05, 0) is 73.2 Å². The van der Waals surface area contributed by atoms with E-state index < -0.39 is 12.0 Å². The largest absolute Gasteiger partial charge is 0.503 e. The van der Waals surface area contributed by atoms with Crippen LogP contribution in [0, 0.1) is 0 Å². The zero-order chi connectivity index (χ0) is 20.4. The lowest BCUT2D eigenvalue weighted by molar-refractivity contribution is -0.144. The molecule has 0 bridgehead atoms. The summed E-state index contributed by atoms with van der Waals surface area (Å²) in [4.78, 5) is 26.8. The fraction of sp³-hybridized carbons (Fsp3) is 0.500. The normalized spacial score (nSPS) is 20.4. The number of halogens is 1. The molecule has 2 N–H and O–H groups in total.